The van der Waals surface area contributed by atoms with Crippen molar-refractivity contribution in [3.8, 4) is 11.5 Å². The van der Waals surface area contributed by atoms with Crippen LogP contribution in [-0.2, 0) is 16.0 Å². The maximum Gasteiger partial charge on any atom is 0.293 e. The van der Waals surface area contributed by atoms with Gasteiger partial charge in [-0.3, -0.25) is 19.3 Å². The van der Waals surface area contributed by atoms with E-state index >= 15 is 0 Å². The van der Waals surface area contributed by atoms with Crippen molar-refractivity contribution in [3.05, 3.63) is 64.3 Å². The van der Waals surface area contributed by atoms with E-state index in [-0.39, 0.29) is 35.9 Å². The Morgan fingerprint density at radius 3 is 2.58 bits per heavy atom. The van der Waals surface area contributed by atoms with Crippen LogP contribution in [0.2, 0.25) is 0 Å². The Morgan fingerprint density at radius 1 is 1.13 bits per heavy atom. The Morgan fingerprint density at radius 2 is 1.87 bits per heavy atom. The van der Waals surface area contributed by atoms with Crippen molar-refractivity contribution in [2.75, 3.05) is 27.3 Å². The van der Waals surface area contributed by atoms with Crippen LogP contribution in [-0.4, -0.2) is 49.3 Å². The van der Waals surface area contributed by atoms with Crippen LogP contribution in [0.15, 0.2) is 47.4 Å². The highest BCUT2D eigenvalue weighted by atomic mass is 32.2. The average Bonchev–Trinajstić information content (AvgIpc) is 3.02. The quantitative estimate of drug-likeness (QED) is 0.630. The Hall–Kier alpha value is -3.33. The molecular weight excluding hydrogens is 423 g/mol. The molecule has 2 aromatic carbocycles. The first-order valence-corrected chi connectivity index (χ1v) is 10.2. The highest BCUT2D eigenvalue weighted by molar-refractivity contribution is 8.18. The van der Waals surface area contributed by atoms with Crippen molar-refractivity contribution in [3.63, 3.8) is 0 Å². The highest BCUT2D eigenvalue weighted by Crippen LogP contribution is 2.32. The minimum Gasteiger partial charge on any atom is -0.493 e. The smallest absolute Gasteiger partial charge is 0.293 e. The van der Waals surface area contributed by atoms with Crippen molar-refractivity contribution < 1.29 is 28.2 Å². The molecular formula is C22H21FN2O5S. The number of hydrogen-bond acceptors (Lipinski definition) is 6. The number of imide groups is 1. The lowest BCUT2D eigenvalue weighted by Crippen LogP contribution is -2.37. The van der Waals surface area contributed by atoms with Crippen molar-refractivity contribution in [2.45, 2.75) is 6.42 Å². The number of nitrogens with one attached hydrogen (secondary N) is 1. The number of carbonyl (C=O) groups excluding carboxylic acids is 3. The number of carbonyl (C=O) groups is 3. The second-order valence-corrected chi connectivity index (χ2v) is 7.56. The van der Waals surface area contributed by atoms with E-state index in [1.807, 2.05) is 0 Å². The SMILES string of the molecule is COc1ccc(CC(=O)NCCN2C(=O)SC(=Cc3ccccc3F)C2=O)cc1OC. The van der Waals surface area contributed by atoms with Crippen molar-refractivity contribution in [1.29, 1.82) is 0 Å². The molecule has 1 aliphatic heterocycles. The summed E-state index contributed by atoms with van der Waals surface area (Å²) in [5.74, 6) is -0.160. The Labute approximate surface area is 183 Å². The van der Waals surface area contributed by atoms with E-state index in [4.69, 9.17) is 9.47 Å². The summed E-state index contributed by atoms with van der Waals surface area (Å²) < 4.78 is 24.2. The summed E-state index contributed by atoms with van der Waals surface area (Å²) >= 11 is 0.748. The summed E-state index contributed by atoms with van der Waals surface area (Å²) in [7, 11) is 3.04. The fraction of sp³-hybridized carbons (Fsp3) is 0.227. The van der Waals surface area contributed by atoms with Gasteiger partial charge in [-0.25, -0.2) is 4.39 Å². The van der Waals surface area contributed by atoms with Gasteiger partial charge in [0.1, 0.15) is 5.82 Å². The van der Waals surface area contributed by atoms with Gasteiger partial charge in [-0.2, -0.15) is 0 Å². The molecule has 0 aliphatic carbocycles. The standard InChI is InChI=1S/C22H21FN2O5S/c1-29-17-8-7-14(11-18(17)30-2)12-20(26)24-9-10-25-21(27)19(31-22(25)28)13-15-5-3-4-6-16(15)23/h3-8,11,13H,9-10,12H2,1-2H3,(H,24,26). The number of methoxy groups -OCH3 is 2. The molecule has 0 saturated carbocycles. The molecule has 0 spiro atoms. The molecule has 2 aromatic rings. The molecule has 0 unspecified atom stereocenters. The molecule has 0 atom stereocenters. The van der Waals surface area contributed by atoms with Gasteiger partial charge in [0.2, 0.25) is 5.91 Å². The number of rotatable bonds is 8. The van der Waals surface area contributed by atoms with Gasteiger partial charge in [0.15, 0.2) is 11.5 Å². The third kappa shape index (κ3) is 5.43. The predicted octanol–water partition coefficient (Wildman–Crippen LogP) is 3.24. The van der Waals surface area contributed by atoms with E-state index < -0.39 is 17.0 Å². The summed E-state index contributed by atoms with van der Waals surface area (Å²) in [6, 6.07) is 11.2. The lowest BCUT2D eigenvalue weighted by Gasteiger charge is -2.13. The van der Waals surface area contributed by atoms with Gasteiger partial charge in [-0.15, -0.1) is 0 Å². The van der Waals surface area contributed by atoms with Gasteiger partial charge in [0, 0.05) is 18.7 Å². The van der Waals surface area contributed by atoms with Crippen LogP contribution >= 0.6 is 11.8 Å². The van der Waals surface area contributed by atoms with Gasteiger partial charge >= 0.3 is 0 Å². The molecule has 1 fully saturated rings. The van der Waals surface area contributed by atoms with Crippen LogP contribution in [0, 0.1) is 5.82 Å². The first kappa shape index (κ1) is 22.4. The minimum absolute atomic E-state index is 0.0248. The zero-order valence-corrected chi connectivity index (χ0v) is 17.8. The zero-order chi connectivity index (χ0) is 22.4. The van der Waals surface area contributed by atoms with Crippen LogP contribution in [0.5, 0.6) is 11.5 Å². The number of thioether (sulfide) groups is 1. The number of hydrogen-bond donors (Lipinski definition) is 1. The third-order valence-corrected chi connectivity index (χ3v) is 5.44. The molecule has 0 bridgehead atoms. The van der Waals surface area contributed by atoms with Crippen molar-refractivity contribution in [1.82, 2.24) is 10.2 Å². The molecule has 3 amide bonds. The fourth-order valence-corrected chi connectivity index (χ4v) is 3.83. The molecule has 0 aromatic heterocycles. The summed E-state index contributed by atoms with van der Waals surface area (Å²) in [4.78, 5) is 38.0. The summed E-state index contributed by atoms with van der Waals surface area (Å²) in [6.07, 6.45) is 1.46. The molecule has 3 rings (SSSR count). The van der Waals surface area contributed by atoms with Gasteiger partial charge < -0.3 is 14.8 Å². The van der Waals surface area contributed by atoms with Crippen LogP contribution in [0.3, 0.4) is 0 Å². The summed E-state index contributed by atoms with van der Waals surface area (Å²) in [5.41, 5.74) is 0.963. The normalized spacial score (nSPS) is 14.8. The lowest BCUT2D eigenvalue weighted by molar-refractivity contribution is -0.124. The van der Waals surface area contributed by atoms with Gasteiger partial charge in [-0.05, 0) is 41.6 Å². The molecule has 31 heavy (non-hydrogen) atoms. The molecule has 1 aliphatic rings. The zero-order valence-electron chi connectivity index (χ0n) is 17.0. The molecule has 0 radical (unpaired) electrons. The highest BCUT2D eigenvalue weighted by Gasteiger charge is 2.34. The van der Waals surface area contributed by atoms with E-state index in [1.165, 1.54) is 32.4 Å². The molecule has 1 saturated heterocycles. The second-order valence-electron chi connectivity index (χ2n) is 6.57. The van der Waals surface area contributed by atoms with Gasteiger partial charge in [-0.1, -0.05) is 24.3 Å². The van der Waals surface area contributed by atoms with Crippen LogP contribution < -0.4 is 14.8 Å². The largest absolute Gasteiger partial charge is 0.493 e. The predicted molar refractivity (Wildman–Crippen MR) is 115 cm³/mol. The molecule has 1 heterocycles. The van der Waals surface area contributed by atoms with E-state index in [2.05, 4.69) is 5.32 Å². The van der Waals surface area contributed by atoms with Crippen LogP contribution in [0.1, 0.15) is 11.1 Å². The van der Waals surface area contributed by atoms with E-state index in [1.54, 1.807) is 30.3 Å². The lowest BCUT2D eigenvalue weighted by atomic mass is 10.1. The average molecular weight is 444 g/mol. The molecule has 162 valence electrons. The summed E-state index contributed by atoms with van der Waals surface area (Å²) in [5, 5.41) is 2.24. The first-order valence-electron chi connectivity index (χ1n) is 9.40. The Bertz CT molecular complexity index is 1040. The Kier molecular flexibility index (Phi) is 7.30. The van der Waals surface area contributed by atoms with Gasteiger partial charge in [0.25, 0.3) is 11.1 Å². The first-order chi connectivity index (χ1) is 14.9. The Balaban J connectivity index is 1.54. The minimum atomic E-state index is -0.507. The number of ether oxygens (including phenoxy) is 2. The van der Waals surface area contributed by atoms with Crippen molar-refractivity contribution in [2.24, 2.45) is 0 Å². The monoisotopic (exact) mass is 444 g/mol. The number of halogens is 1. The number of nitrogens with zero attached hydrogens (tertiary/aromatic N) is 1. The van der Waals surface area contributed by atoms with E-state index in [9.17, 15) is 18.8 Å². The second kappa shape index (κ2) is 10.1. The van der Waals surface area contributed by atoms with Crippen LogP contribution in [0.25, 0.3) is 6.08 Å². The topological polar surface area (TPSA) is 84.9 Å². The van der Waals surface area contributed by atoms with Gasteiger partial charge in [0.05, 0.1) is 25.5 Å². The molecule has 7 nitrogen and oxygen atoms in total. The fourth-order valence-electron chi connectivity index (χ4n) is 2.97. The van der Waals surface area contributed by atoms with Crippen LogP contribution in [0.4, 0.5) is 9.18 Å². The summed E-state index contributed by atoms with van der Waals surface area (Å²) in [6.45, 7) is 0.133. The maximum absolute atomic E-state index is 13.8. The molecule has 9 heteroatoms. The third-order valence-electron chi connectivity index (χ3n) is 4.54. The van der Waals surface area contributed by atoms with E-state index in [0.29, 0.717) is 11.5 Å². The maximum atomic E-state index is 13.8. The number of benzene rings is 2. The molecule has 1 N–H and O–H groups in total. The number of amides is 3. The van der Waals surface area contributed by atoms with E-state index in [0.717, 1.165) is 22.2 Å². The van der Waals surface area contributed by atoms with Crippen molar-refractivity contribution >= 4 is 34.9 Å².